The van der Waals surface area contributed by atoms with Crippen molar-refractivity contribution in [2.75, 3.05) is 17.2 Å². The highest BCUT2D eigenvalue weighted by molar-refractivity contribution is 8.13. The summed E-state index contributed by atoms with van der Waals surface area (Å²) in [6.45, 7) is 3.71. The molecule has 7 heteroatoms. The van der Waals surface area contributed by atoms with Crippen LogP contribution < -0.4 is 10.5 Å². The first-order valence-electron chi connectivity index (χ1n) is 5.97. The van der Waals surface area contributed by atoms with Gasteiger partial charge in [0, 0.05) is 37.4 Å². The monoisotopic (exact) mass is 281 g/mol. The van der Waals surface area contributed by atoms with Crippen molar-refractivity contribution in [3.05, 3.63) is 22.1 Å². The summed E-state index contributed by atoms with van der Waals surface area (Å²) in [5.41, 5.74) is 0.310. The Kier molecular flexibility index (Phi) is 4.04. The summed E-state index contributed by atoms with van der Waals surface area (Å²) < 4.78 is 0. The molecule has 1 unspecified atom stereocenters. The van der Waals surface area contributed by atoms with Crippen LogP contribution in [-0.2, 0) is 9.59 Å². The molecule has 102 valence electrons. The third-order valence-corrected chi connectivity index (χ3v) is 3.88. The topological polar surface area (TPSA) is 83.1 Å². The van der Waals surface area contributed by atoms with Crippen molar-refractivity contribution in [2.24, 2.45) is 5.92 Å². The van der Waals surface area contributed by atoms with Crippen LogP contribution in [0.15, 0.2) is 10.9 Å². The molecule has 0 radical (unpaired) electrons. The van der Waals surface area contributed by atoms with Crippen molar-refractivity contribution in [3.8, 4) is 0 Å². The number of rotatable bonds is 3. The summed E-state index contributed by atoms with van der Waals surface area (Å²) in [4.78, 5) is 42.5. The van der Waals surface area contributed by atoms with E-state index in [0.717, 1.165) is 0 Å². The lowest BCUT2D eigenvalue weighted by Crippen LogP contribution is -2.29. The number of amides is 1. The Morgan fingerprint density at radius 1 is 1.58 bits per heavy atom. The number of anilines is 1. The molecule has 0 saturated carbocycles. The van der Waals surface area contributed by atoms with Gasteiger partial charge in [-0.3, -0.25) is 24.3 Å². The predicted octanol–water partition coefficient (Wildman–Crippen LogP) is 0.711. The largest absolute Gasteiger partial charge is 0.292 e. The third-order valence-electron chi connectivity index (χ3n) is 2.84. The van der Waals surface area contributed by atoms with Crippen molar-refractivity contribution >= 4 is 28.7 Å². The van der Waals surface area contributed by atoms with Crippen LogP contribution in [0, 0.1) is 12.8 Å². The average Bonchev–Trinajstić information content (AvgIpc) is 2.66. The fourth-order valence-electron chi connectivity index (χ4n) is 2.02. The molecule has 1 saturated heterocycles. The molecular weight excluding hydrogens is 266 g/mol. The minimum atomic E-state index is -0.267. The van der Waals surface area contributed by atoms with Gasteiger partial charge in [-0.05, 0) is 12.8 Å². The average molecular weight is 281 g/mol. The maximum absolute atomic E-state index is 11.9. The van der Waals surface area contributed by atoms with E-state index in [4.69, 9.17) is 0 Å². The molecule has 1 aromatic rings. The van der Waals surface area contributed by atoms with Crippen LogP contribution in [0.5, 0.6) is 0 Å². The third kappa shape index (κ3) is 3.44. The van der Waals surface area contributed by atoms with E-state index < -0.39 is 0 Å². The lowest BCUT2D eigenvalue weighted by atomic mass is 10.1. The van der Waals surface area contributed by atoms with Gasteiger partial charge < -0.3 is 0 Å². The Morgan fingerprint density at radius 2 is 2.32 bits per heavy atom. The summed E-state index contributed by atoms with van der Waals surface area (Å²) in [5.74, 6) is 0.966. The highest BCUT2D eigenvalue weighted by Crippen LogP contribution is 2.24. The molecule has 1 fully saturated rings. The molecule has 1 aliphatic heterocycles. The van der Waals surface area contributed by atoms with Crippen LogP contribution in [0.2, 0.25) is 0 Å². The van der Waals surface area contributed by atoms with E-state index in [9.17, 15) is 14.4 Å². The van der Waals surface area contributed by atoms with Gasteiger partial charge in [-0.1, -0.05) is 11.8 Å². The first-order chi connectivity index (χ1) is 8.95. The van der Waals surface area contributed by atoms with Crippen LogP contribution in [0.1, 0.15) is 19.0 Å². The molecule has 0 bridgehead atoms. The fraction of sp³-hybridized carbons (Fsp3) is 0.500. The van der Waals surface area contributed by atoms with Gasteiger partial charge in [0.25, 0.3) is 5.56 Å². The quantitative estimate of drug-likeness (QED) is 0.882. The number of thioether (sulfide) groups is 1. The molecule has 1 N–H and O–H groups in total. The standard InChI is InChI=1S/C12H15N3O3S/c1-7-3-10(17)14-12(13-7)15-5-9(4-11(15)18)6-19-8(2)16/h3,9H,4-6H2,1-2H3,(H,13,14,17). The SMILES string of the molecule is CC(=O)SCC1CC(=O)N(c2nc(C)cc(=O)[nH]2)C1. The molecule has 2 heterocycles. The first kappa shape index (κ1) is 13.8. The van der Waals surface area contributed by atoms with Crippen LogP contribution >= 0.6 is 11.8 Å². The van der Waals surface area contributed by atoms with Gasteiger partial charge >= 0.3 is 0 Å². The molecule has 0 spiro atoms. The van der Waals surface area contributed by atoms with Crippen molar-refractivity contribution in [1.29, 1.82) is 0 Å². The fourth-order valence-corrected chi connectivity index (χ4v) is 2.72. The molecular formula is C12H15N3O3S. The van der Waals surface area contributed by atoms with E-state index in [1.807, 2.05) is 0 Å². The highest BCUT2D eigenvalue weighted by Gasteiger charge is 2.32. The van der Waals surface area contributed by atoms with Crippen molar-refractivity contribution < 1.29 is 9.59 Å². The smallest absolute Gasteiger partial charge is 0.252 e. The van der Waals surface area contributed by atoms with Gasteiger partial charge in [-0.2, -0.15) is 0 Å². The van der Waals surface area contributed by atoms with Gasteiger partial charge in [-0.25, -0.2) is 4.98 Å². The Balaban J connectivity index is 2.11. The number of carbonyl (C=O) groups is 2. The molecule has 2 rings (SSSR count). The van der Waals surface area contributed by atoms with E-state index in [2.05, 4.69) is 9.97 Å². The number of carbonyl (C=O) groups excluding carboxylic acids is 2. The molecule has 6 nitrogen and oxygen atoms in total. The Morgan fingerprint density at radius 3 is 2.95 bits per heavy atom. The van der Waals surface area contributed by atoms with Crippen LogP contribution in [0.3, 0.4) is 0 Å². The number of H-pyrrole nitrogens is 1. The minimum absolute atomic E-state index is 0.0491. The molecule has 0 aliphatic carbocycles. The van der Waals surface area contributed by atoms with Gasteiger partial charge in [0.1, 0.15) is 0 Å². The zero-order chi connectivity index (χ0) is 14.0. The van der Waals surface area contributed by atoms with Crippen molar-refractivity contribution in [2.45, 2.75) is 20.3 Å². The van der Waals surface area contributed by atoms with Crippen LogP contribution in [0.4, 0.5) is 5.95 Å². The van der Waals surface area contributed by atoms with E-state index in [1.165, 1.54) is 29.7 Å². The second-order valence-corrected chi connectivity index (χ2v) is 5.78. The summed E-state index contributed by atoms with van der Waals surface area (Å²) >= 11 is 1.22. The van der Waals surface area contributed by atoms with Crippen molar-refractivity contribution in [1.82, 2.24) is 9.97 Å². The maximum atomic E-state index is 11.9. The van der Waals surface area contributed by atoms with Gasteiger partial charge in [0.15, 0.2) is 5.12 Å². The molecule has 1 atom stereocenters. The number of aryl methyl sites for hydroxylation is 1. The molecule has 1 amide bonds. The summed E-state index contributed by atoms with van der Waals surface area (Å²) in [6, 6.07) is 1.38. The zero-order valence-electron chi connectivity index (χ0n) is 10.8. The number of hydrogen-bond donors (Lipinski definition) is 1. The molecule has 0 aromatic carbocycles. The summed E-state index contributed by atoms with van der Waals surface area (Å²) in [7, 11) is 0. The molecule has 1 aromatic heterocycles. The van der Waals surface area contributed by atoms with Crippen molar-refractivity contribution in [3.63, 3.8) is 0 Å². The minimum Gasteiger partial charge on any atom is -0.292 e. The van der Waals surface area contributed by atoms with E-state index in [-0.39, 0.29) is 22.5 Å². The normalized spacial score (nSPS) is 18.9. The number of hydrogen-bond acceptors (Lipinski definition) is 5. The predicted molar refractivity (Wildman–Crippen MR) is 73.2 cm³/mol. The second-order valence-electron chi connectivity index (χ2n) is 4.59. The Hall–Kier alpha value is -1.63. The van der Waals surface area contributed by atoms with Crippen LogP contribution in [-0.4, -0.2) is 33.3 Å². The van der Waals surface area contributed by atoms with E-state index >= 15 is 0 Å². The maximum Gasteiger partial charge on any atom is 0.252 e. The lowest BCUT2D eigenvalue weighted by Gasteiger charge is -2.15. The number of nitrogens with one attached hydrogen (secondary N) is 1. The van der Waals surface area contributed by atoms with E-state index in [0.29, 0.717) is 30.4 Å². The number of nitrogens with zero attached hydrogens (tertiary/aromatic N) is 2. The summed E-state index contributed by atoms with van der Waals surface area (Å²) in [6.07, 6.45) is 0.387. The zero-order valence-corrected chi connectivity index (χ0v) is 11.6. The van der Waals surface area contributed by atoms with Gasteiger partial charge in [0.05, 0.1) is 0 Å². The number of aromatic amines is 1. The Bertz CT molecular complexity index is 570. The highest BCUT2D eigenvalue weighted by atomic mass is 32.2. The lowest BCUT2D eigenvalue weighted by molar-refractivity contribution is -0.117. The first-order valence-corrected chi connectivity index (χ1v) is 6.96. The summed E-state index contributed by atoms with van der Waals surface area (Å²) in [5, 5.41) is 0.0491. The molecule has 19 heavy (non-hydrogen) atoms. The second kappa shape index (κ2) is 5.56. The van der Waals surface area contributed by atoms with Gasteiger partial charge in [-0.15, -0.1) is 0 Å². The van der Waals surface area contributed by atoms with Crippen LogP contribution in [0.25, 0.3) is 0 Å². The van der Waals surface area contributed by atoms with Gasteiger partial charge in [0.2, 0.25) is 11.9 Å². The van der Waals surface area contributed by atoms with E-state index in [1.54, 1.807) is 6.92 Å². The Labute approximate surface area is 114 Å². The number of aromatic nitrogens is 2. The molecule has 1 aliphatic rings.